The van der Waals surface area contributed by atoms with Gasteiger partial charge in [-0.3, -0.25) is 9.78 Å². The molecular formula is C12H14N2O. The van der Waals surface area contributed by atoms with Gasteiger partial charge in [0.15, 0.2) is 5.78 Å². The quantitative estimate of drug-likeness (QED) is 0.748. The molecule has 1 aromatic rings. The van der Waals surface area contributed by atoms with Crippen LogP contribution in [0.15, 0.2) is 36.3 Å². The van der Waals surface area contributed by atoms with E-state index >= 15 is 0 Å². The van der Waals surface area contributed by atoms with Crippen LogP contribution >= 0.6 is 0 Å². The molecule has 0 aromatic carbocycles. The van der Waals surface area contributed by atoms with Crippen LogP contribution in [0.3, 0.4) is 0 Å². The minimum Gasteiger partial charge on any atom is -0.373 e. The van der Waals surface area contributed by atoms with Gasteiger partial charge in [-0.25, -0.2) is 0 Å². The van der Waals surface area contributed by atoms with Crippen molar-refractivity contribution in [3.8, 4) is 0 Å². The first-order valence-corrected chi connectivity index (χ1v) is 5.09. The summed E-state index contributed by atoms with van der Waals surface area (Å²) in [6.45, 7) is 0.835. The van der Waals surface area contributed by atoms with E-state index < -0.39 is 0 Å². The molecule has 0 fully saturated rings. The van der Waals surface area contributed by atoms with Gasteiger partial charge in [-0.15, -0.1) is 0 Å². The molecule has 1 aliphatic carbocycles. The Morgan fingerprint density at radius 2 is 2.07 bits per heavy atom. The lowest BCUT2D eigenvalue weighted by molar-refractivity contribution is -0.114. The number of aromatic nitrogens is 1. The molecule has 0 spiro atoms. The number of hydrogen-bond acceptors (Lipinski definition) is 3. The topological polar surface area (TPSA) is 33.2 Å². The van der Waals surface area contributed by atoms with Gasteiger partial charge in [0, 0.05) is 44.2 Å². The highest BCUT2D eigenvalue weighted by Crippen LogP contribution is 2.19. The Balaban J connectivity index is 2.01. The highest BCUT2D eigenvalue weighted by Gasteiger charge is 2.15. The summed E-state index contributed by atoms with van der Waals surface area (Å²) >= 11 is 0. The zero-order valence-electron chi connectivity index (χ0n) is 8.81. The van der Waals surface area contributed by atoms with Crippen LogP contribution < -0.4 is 0 Å². The molecule has 3 heteroatoms. The van der Waals surface area contributed by atoms with Crippen molar-refractivity contribution in [1.82, 2.24) is 9.88 Å². The van der Waals surface area contributed by atoms with Crippen molar-refractivity contribution < 1.29 is 4.79 Å². The Kier molecular flexibility index (Phi) is 2.81. The van der Waals surface area contributed by atoms with Crippen molar-refractivity contribution in [3.05, 3.63) is 41.9 Å². The van der Waals surface area contributed by atoms with Gasteiger partial charge < -0.3 is 4.90 Å². The zero-order valence-corrected chi connectivity index (χ0v) is 8.81. The Morgan fingerprint density at radius 1 is 1.33 bits per heavy atom. The largest absolute Gasteiger partial charge is 0.373 e. The summed E-state index contributed by atoms with van der Waals surface area (Å²) in [5.74, 6) is 0.242. The van der Waals surface area contributed by atoms with Gasteiger partial charge in [0.25, 0.3) is 0 Å². The second-order valence-corrected chi connectivity index (χ2v) is 3.81. The number of hydrogen-bond donors (Lipinski definition) is 0. The molecular weight excluding hydrogens is 188 g/mol. The summed E-state index contributed by atoms with van der Waals surface area (Å²) in [7, 11) is 2.02. The monoisotopic (exact) mass is 202 g/mol. The highest BCUT2D eigenvalue weighted by atomic mass is 16.1. The van der Waals surface area contributed by atoms with Gasteiger partial charge in [0.1, 0.15) is 0 Å². The average molecular weight is 202 g/mol. The molecule has 1 heterocycles. The number of allylic oxidation sites excluding steroid dienone is 2. The molecule has 0 atom stereocenters. The standard InChI is InChI=1S/C12H14N2O/c1-14(11-2-3-12(15)8-11)9-10-4-6-13-7-5-10/h4-8H,2-3,9H2,1H3. The number of carbonyl (C=O) groups is 1. The fourth-order valence-corrected chi connectivity index (χ4v) is 1.75. The predicted octanol–water partition coefficient (Wildman–Crippen LogP) is 1.76. The van der Waals surface area contributed by atoms with E-state index in [1.165, 1.54) is 5.56 Å². The fourth-order valence-electron chi connectivity index (χ4n) is 1.75. The third-order valence-corrected chi connectivity index (χ3v) is 2.61. The summed E-state index contributed by atoms with van der Waals surface area (Å²) in [5.41, 5.74) is 2.35. The van der Waals surface area contributed by atoms with E-state index in [1.54, 1.807) is 18.5 Å². The van der Waals surface area contributed by atoms with Crippen LogP contribution in [0, 0.1) is 0 Å². The van der Waals surface area contributed by atoms with Crippen LogP contribution in [0.5, 0.6) is 0 Å². The molecule has 1 aromatic heterocycles. The summed E-state index contributed by atoms with van der Waals surface area (Å²) in [4.78, 5) is 17.2. The van der Waals surface area contributed by atoms with Crippen molar-refractivity contribution in [3.63, 3.8) is 0 Å². The van der Waals surface area contributed by atoms with Crippen LogP contribution in [0.1, 0.15) is 18.4 Å². The van der Waals surface area contributed by atoms with E-state index in [2.05, 4.69) is 9.88 Å². The van der Waals surface area contributed by atoms with Crippen LogP contribution in [0.4, 0.5) is 0 Å². The fraction of sp³-hybridized carbons (Fsp3) is 0.333. The summed E-state index contributed by atoms with van der Waals surface area (Å²) in [5, 5.41) is 0. The molecule has 0 bridgehead atoms. The molecule has 0 saturated heterocycles. The predicted molar refractivity (Wildman–Crippen MR) is 58.0 cm³/mol. The number of nitrogens with zero attached hydrogens (tertiary/aromatic N) is 2. The van der Waals surface area contributed by atoms with E-state index in [4.69, 9.17) is 0 Å². The van der Waals surface area contributed by atoms with Crippen LogP contribution in [-0.2, 0) is 11.3 Å². The van der Waals surface area contributed by atoms with Gasteiger partial charge in [0.05, 0.1) is 0 Å². The Labute approximate surface area is 89.4 Å². The lowest BCUT2D eigenvalue weighted by Gasteiger charge is -2.19. The van der Waals surface area contributed by atoms with Crippen molar-refractivity contribution in [2.45, 2.75) is 19.4 Å². The molecule has 15 heavy (non-hydrogen) atoms. The molecule has 78 valence electrons. The first-order valence-electron chi connectivity index (χ1n) is 5.09. The molecule has 0 amide bonds. The summed E-state index contributed by atoms with van der Waals surface area (Å²) in [6, 6.07) is 3.99. The van der Waals surface area contributed by atoms with Crippen LogP contribution in [0.25, 0.3) is 0 Å². The third kappa shape index (κ3) is 2.43. The third-order valence-electron chi connectivity index (χ3n) is 2.61. The first kappa shape index (κ1) is 9.90. The van der Waals surface area contributed by atoms with E-state index in [1.807, 2.05) is 19.2 Å². The second-order valence-electron chi connectivity index (χ2n) is 3.81. The van der Waals surface area contributed by atoms with Crippen LogP contribution in [-0.4, -0.2) is 22.7 Å². The van der Waals surface area contributed by atoms with Gasteiger partial charge in [-0.05, 0) is 24.1 Å². The van der Waals surface area contributed by atoms with Crippen molar-refractivity contribution in [1.29, 1.82) is 0 Å². The number of ketones is 1. The van der Waals surface area contributed by atoms with Gasteiger partial charge in [0.2, 0.25) is 0 Å². The van der Waals surface area contributed by atoms with Gasteiger partial charge in [-0.1, -0.05) is 0 Å². The molecule has 1 aliphatic rings. The number of rotatable bonds is 3. The molecule has 3 nitrogen and oxygen atoms in total. The maximum atomic E-state index is 11.1. The first-order chi connectivity index (χ1) is 7.25. The second kappa shape index (κ2) is 4.26. The van der Waals surface area contributed by atoms with Crippen molar-refractivity contribution >= 4 is 5.78 Å². The van der Waals surface area contributed by atoms with E-state index in [0.29, 0.717) is 6.42 Å². The lowest BCUT2D eigenvalue weighted by atomic mass is 10.2. The minimum absolute atomic E-state index is 0.242. The maximum Gasteiger partial charge on any atom is 0.157 e. The van der Waals surface area contributed by atoms with Crippen molar-refractivity contribution in [2.24, 2.45) is 0 Å². The van der Waals surface area contributed by atoms with Crippen LogP contribution in [0.2, 0.25) is 0 Å². The molecule has 0 N–H and O–H groups in total. The van der Waals surface area contributed by atoms with E-state index in [0.717, 1.165) is 18.7 Å². The highest BCUT2D eigenvalue weighted by molar-refractivity contribution is 5.92. The number of pyridine rings is 1. The zero-order chi connectivity index (χ0) is 10.7. The Hall–Kier alpha value is -1.64. The molecule has 0 unspecified atom stereocenters. The SMILES string of the molecule is CN(Cc1ccncc1)C1=CC(=O)CC1. The smallest absolute Gasteiger partial charge is 0.157 e. The summed E-state index contributed by atoms with van der Waals surface area (Å²) in [6.07, 6.45) is 6.87. The summed E-state index contributed by atoms with van der Waals surface area (Å²) < 4.78 is 0. The molecule has 2 rings (SSSR count). The van der Waals surface area contributed by atoms with Crippen molar-refractivity contribution in [2.75, 3.05) is 7.05 Å². The Bertz CT molecular complexity index is 384. The maximum absolute atomic E-state index is 11.1. The molecule has 0 radical (unpaired) electrons. The van der Waals surface area contributed by atoms with Gasteiger partial charge in [-0.2, -0.15) is 0 Å². The van der Waals surface area contributed by atoms with E-state index in [-0.39, 0.29) is 5.78 Å². The number of carbonyl (C=O) groups excluding carboxylic acids is 1. The molecule has 0 saturated carbocycles. The molecule has 0 aliphatic heterocycles. The lowest BCUT2D eigenvalue weighted by Crippen LogP contribution is -2.15. The minimum atomic E-state index is 0.242. The normalized spacial score (nSPS) is 15.3. The Morgan fingerprint density at radius 3 is 2.67 bits per heavy atom. The van der Waals surface area contributed by atoms with Gasteiger partial charge >= 0.3 is 0 Å². The van der Waals surface area contributed by atoms with E-state index in [9.17, 15) is 4.79 Å². The average Bonchev–Trinajstić information content (AvgIpc) is 2.66.